The third kappa shape index (κ3) is 3.37. The average Bonchev–Trinajstić information content (AvgIpc) is 3.16. The molecule has 1 spiro atoms. The van der Waals surface area contributed by atoms with E-state index in [0.717, 1.165) is 48.7 Å². The first-order valence-corrected chi connectivity index (χ1v) is 10.8. The predicted octanol–water partition coefficient (Wildman–Crippen LogP) is 4.10. The topological polar surface area (TPSA) is 49.3 Å². The van der Waals surface area contributed by atoms with Gasteiger partial charge in [0, 0.05) is 50.4 Å². The van der Waals surface area contributed by atoms with Crippen molar-refractivity contribution in [1.29, 1.82) is 0 Å². The Kier molecular flexibility index (Phi) is 4.51. The highest BCUT2D eigenvalue weighted by molar-refractivity contribution is 7.22. The van der Waals surface area contributed by atoms with Crippen LogP contribution in [0.15, 0.2) is 48.8 Å². The Morgan fingerprint density at radius 2 is 2.04 bits per heavy atom. The Morgan fingerprint density at radius 1 is 1.11 bits per heavy atom. The summed E-state index contributed by atoms with van der Waals surface area (Å²) in [6.07, 6.45) is 7.61. The first-order chi connectivity index (χ1) is 13.7. The number of rotatable bonds is 3. The van der Waals surface area contributed by atoms with E-state index in [1.807, 2.05) is 23.2 Å². The van der Waals surface area contributed by atoms with Crippen molar-refractivity contribution in [2.75, 3.05) is 24.5 Å². The molecule has 0 aliphatic carbocycles. The Labute approximate surface area is 169 Å². The Morgan fingerprint density at radius 3 is 2.89 bits per heavy atom. The quantitative estimate of drug-likeness (QED) is 0.673. The lowest BCUT2D eigenvalue weighted by atomic mass is 9.73. The van der Waals surface area contributed by atoms with Crippen LogP contribution in [0.2, 0.25) is 0 Å². The summed E-state index contributed by atoms with van der Waals surface area (Å²) in [5.41, 5.74) is 2.36. The molecule has 2 aliphatic heterocycles. The number of anilines is 1. The minimum atomic E-state index is 0.173. The van der Waals surface area contributed by atoms with Crippen molar-refractivity contribution in [1.82, 2.24) is 14.9 Å². The maximum Gasteiger partial charge on any atom is 0.222 e. The molecule has 0 unspecified atom stereocenters. The number of hydrogen-bond acceptors (Lipinski definition) is 5. The number of fused-ring (bicyclic) bond motifs is 1. The lowest BCUT2D eigenvalue weighted by Gasteiger charge is -2.48. The Hall–Kier alpha value is -2.47. The number of amides is 1. The smallest absolute Gasteiger partial charge is 0.222 e. The summed E-state index contributed by atoms with van der Waals surface area (Å²) < 4.78 is 1.24. The number of para-hydroxylation sites is 1. The molecule has 0 N–H and O–H groups in total. The summed E-state index contributed by atoms with van der Waals surface area (Å²) in [4.78, 5) is 26.1. The van der Waals surface area contributed by atoms with Gasteiger partial charge in [-0.05, 0) is 43.0 Å². The lowest BCUT2D eigenvalue weighted by Crippen LogP contribution is -2.53. The molecule has 3 aromatic rings. The minimum absolute atomic E-state index is 0.173. The van der Waals surface area contributed by atoms with Crippen LogP contribution in [0, 0.1) is 5.41 Å². The van der Waals surface area contributed by atoms with Crippen LogP contribution in [-0.4, -0.2) is 40.4 Å². The molecule has 2 saturated heterocycles. The number of carbonyl (C=O) groups is 1. The van der Waals surface area contributed by atoms with Crippen LogP contribution >= 0.6 is 11.3 Å². The molecule has 28 heavy (non-hydrogen) atoms. The molecule has 2 aromatic heterocycles. The summed E-state index contributed by atoms with van der Waals surface area (Å²) >= 11 is 1.78. The number of piperidine rings is 2. The van der Waals surface area contributed by atoms with E-state index in [-0.39, 0.29) is 11.3 Å². The zero-order valence-corrected chi connectivity index (χ0v) is 16.7. The van der Waals surface area contributed by atoms with Crippen LogP contribution in [0.1, 0.15) is 31.2 Å². The SMILES string of the molecule is O=C1CC[C@@]2(CCCN(c3nc4ccccc4s3)C2)CN1Cc1cccnc1. The van der Waals surface area contributed by atoms with E-state index in [1.165, 1.54) is 11.1 Å². The second-order valence-corrected chi connectivity index (χ2v) is 9.11. The molecular formula is C22H24N4OS. The summed E-state index contributed by atoms with van der Waals surface area (Å²) in [7, 11) is 0. The van der Waals surface area contributed by atoms with Crippen molar-refractivity contribution >= 4 is 32.6 Å². The number of aromatic nitrogens is 2. The van der Waals surface area contributed by atoms with Crippen molar-refractivity contribution in [2.24, 2.45) is 5.41 Å². The maximum atomic E-state index is 12.6. The van der Waals surface area contributed by atoms with Crippen LogP contribution < -0.4 is 4.90 Å². The Balaban J connectivity index is 1.36. The molecule has 1 aromatic carbocycles. The van der Waals surface area contributed by atoms with Gasteiger partial charge in [0.2, 0.25) is 5.91 Å². The number of carbonyl (C=O) groups excluding carboxylic acids is 1. The molecule has 0 radical (unpaired) electrons. The van der Waals surface area contributed by atoms with Crippen molar-refractivity contribution in [3.63, 3.8) is 0 Å². The van der Waals surface area contributed by atoms with E-state index >= 15 is 0 Å². The molecule has 0 saturated carbocycles. The van der Waals surface area contributed by atoms with Gasteiger partial charge in [0.05, 0.1) is 10.2 Å². The minimum Gasteiger partial charge on any atom is -0.347 e. The lowest BCUT2D eigenvalue weighted by molar-refractivity contribution is -0.138. The van der Waals surface area contributed by atoms with E-state index in [0.29, 0.717) is 13.0 Å². The van der Waals surface area contributed by atoms with Crippen molar-refractivity contribution in [3.05, 3.63) is 54.4 Å². The number of likely N-dealkylation sites (tertiary alicyclic amines) is 1. The van der Waals surface area contributed by atoms with E-state index < -0.39 is 0 Å². The number of hydrogen-bond donors (Lipinski definition) is 0. The predicted molar refractivity (Wildman–Crippen MR) is 112 cm³/mol. The van der Waals surface area contributed by atoms with Gasteiger partial charge in [0.25, 0.3) is 0 Å². The first kappa shape index (κ1) is 17.6. The summed E-state index contributed by atoms with van der Waals surface area (Å²) in [5, 5.41) is 1.12. The van der Waals surface area contributed by atoms with Gasteiger partial charge >= 0.3 is 0 Å². The molecular weight excluding hydrogens is 368 g/mol. The largest absolute Gasteiger partial charge is 0.347 e. The fourth-order valence-electron chi connectivity index (χ4n) is 4.66. The molecule has 5 nitrogen and oxygen atoms in total. The van der Waals surface area contributed by atoms with Crippen LogP contribution in [0.4, 0.5) is 5.13 Å². The van der Waals surface area contributed by atoms with Crippen LogP contribution in [0.25, 0.3) is 10.2 Å². The Bertz CT molecular complexity index is 955. The van der Waals surface area contributed by atoms with E-state index in [1.54, 1.807) is 17.5 Å². The average molecular weight is 393 g/mol. The monoisotopic (exact) mass is 392 g/mol. The molecule has 2 aliphatic rings. The molecule has 6 heteroatoms. The summed E-state index contributed by atoms with van der Waals surface area (Å²) in [6, 6.07) is 12.3. The van der Waals surface area contributed by atoms with E-state index in [2.05, 4.69) is 34.1 Å². The van der Waals surface area contributed by atoms with Gasteiger partial charge in [-0.2, -0.15) is 0 Å². The second kappa shape index (κ2) is 7.17. The van der Waals surface area contributed by atoms with Gasteiger partial charge in [-0.15, -0.1) is 0 Å². The molecule has 1 atom stereocenters. The third-order valence-electron chi connectivity index (χ3n) is 6.06. The van der Waals surface area contributed by atoms with Gasteiger partial charge < -0.3 is 9.80 Å². The highest BCUT2D eigenvalue weighted by Crippen LogP contribution is 2.41. The normalized spacial score (nSPS) is 22.9. The van der Waals surface area contributed by atoms with Gasteiger partial charge in [-0.3, -0.25) is 9.78 Å². The van der Waals surface area contributed by atoms with E-state index in [9.17, 15) is 4.79 Å². The number of pyridine rings is 1. The fourth-order valence-corrected chi connectivity index (χ4v) is 5.65. The van der Waals surface area contributed by atoms with Gasteiger partial charge in [0.1, 0.15) is 0 Å². The second-order valence-electron chi connectivity index (χ2n) is 8.10. The molecule has 0 bridgehead atoms. The number of thiazole rings is 1. The molecule has 2 fully saturated rings. The standard InChI is InChI=1S/C22H24N4OS/c27-20-8-10-22(16-26(20)14-17-5-3-11-23-13-17)9-4-12-25(15-22)21-24-18-6-1-2-7-19(18)28-21/h1-3,5-7,11,13H,4,8-10,12,14-16H2/t22-/m1/s1. The van der Waals surface area contributed by atoms with Crippen LogP contribution in [0.3, 0.4) is 0 Å². The highest BCUT2D eigenvalue weighted by atomic mass is 32.1. The van der Waals surface area contributed by atoms with Gasteiger partial charge in [-0.25, -0.2) is 4.98 Å². The van der Waals surface area contributed by atoms with Gasteiger partial charge in [-0.1, -0.05) is 29.5 Å². The maximum absolute atomic E-state index is 12.6. The number of benzene rings is 1. The third-order valence-corrected chi connectivity index (χ3v) is 7.16. The molecule has 5 rings (SSSR count). The van der Waals surface area contributed by atoms with Crippen LogP contribution in [0.5, 0.6) is 0 Å². The first-order valence-electron chi connectivity index (χ1n) is 9.98. The highest BCUT2D eigenvalue weighted by Gasteiger charge is 2.42. The summed E-state index contributed by atoms with van der Waals surface area (Å²) in [6.45, 7) is 3.54. The van der Waals surface area contributed by atoms with Crippen molar-refractivity contribution in [2.45, 2.75) is 32.2 Å². The van der Waals surface area contributed by atoms with Crippen LogP contribution in [-0.2, 0) is 11.3 Å². The summed E-state index contributed by atoms with van der Waals surface area (Å²) in [5.74, 6) is 0.270. The van der Waals surface area contributed by atoms with Crippen molar-refractivity contribution < 1.29 is 4.79 Å². The molecule has 1 amide bonds. The van der Waals surface area contributed by atoms with Crippen molar-refractivity contribution in [3.8, 4) is 0 Å². The van der Waals surface area contributed by atoms with E-state index in [4.69, 9.17) is 4.98 Å². The molecule has 144 valence electrons. The van der Waals surface area contributed by atoms with Gasteiger partial charge in [0.15, 0.2) is 5.13 Å². The fraction of sp³-hybridized carbons (Fsp3) is 0.409. The zero-order valence-electron chi connectivity index (χ0n) is 15.9. The zero-order chi connectivity index (χ0) is 19.0. The molecule has 4 heterocycles. The number of nitrogens with zero attached hydrogens (tertiary/aromatic N) is 4.